The van der Waals surface area contributed by atoms with Crippen LogP contribution in [0.5, 0.6) is 0 Å². The van der Waals surface area contributed by atoms with Crippen LogP contribution in [0.15, 0.2) is 10.5 Å². The quantitative estimate of drug-likeness (QED) is 0.902. The number of amides is 1. The first-order valence-electron chi connectivity index (χ1n) is 7.54. The van der Waals surface area contributed by atoms with E-state index in [1.807, 2.05) is 19.9 Å². The fraction of sp³-hybridized carbons (Fsp3) is 0.533. The molecule has 1 amide bonds. The smallest absolute Gasteiger partial charge is 0.293 e. The lowest BCUT2D eigenvalue weighted by Gasteiger charge is -2.19. The maximum absolute atomic E-state index is 12.3. The zero-order valence-electron chi connectivity index (χ0n) is 13.1. The highest BCUT2D eigenvalue weighted by atomic mass is 16.3. The molecule has 22 heavy (non-hydrogen) atoms. The summed E-state index contributed by atoms with van der Waals surface area (Å²) in [5.74, 6) is 2.35. The molecule has 0 spiro atoms. The first-order chi connectivity index (χ1) is 10.5. The minimum Gasteiger partial charge on any atom is -0.456 e. The van der Waals surface area contributed by atoms with Crippen LogP contribution in [0.25, 0.3) is 0 Å². The summed E-state index contributed by atoms with van der Waals surface area (Å²) in [6.07, 6.45) is 2.04. The minimum atomic E-state index is -0.294. The first-order valence-corrected chi connectivity index (χ1v) is 7.54. The Morgan fingerprint density at radius 3 is 2.77 bits per heavy atom. The van der Waals surface area contributed by atoms with Crippen LogP contribution in [0.1, 0.15) is 46.5 Å². The molecular formula is C15H21N5O2. The molecule has 7 heteroatoms. The van der Waals surface area contributed by atoms with E-state index in [1.165, 1.54) is 0 Å². The molecule has 118 valence electrons. The van der Waals surface area contributed by atoms with Crippen molar-refractivity contribution < 1.29 is 9.21 Å². The van der Waals surface area contributed by atoms with Gasteiger partial charge in [0.15, 0.2) is 11.6 Å². The van der Waals surface area contributed by atoms with Crippen molar-refractivity contribution in [2.45, 2.75) is 32.6 Å². The van der Waals surface area contributed by atoms with Crippen LogP contribution in [0.2, 0.25) is 0 Å². The number of carbonyl (C=O) groups is 1. The van der Waals surface area contributed by atoms with E-state index in [9.17, 15) is 4.79 Å². The highest BCUT2D eigenvalue weighted by molar-refractivity contribution is 6.02. The van der Waals surface area contributed by atoms with E-state index in [0.717, 1.165) is 43.1 Å². The van der Waals surface area contributed by atoms with Crippen LogP contribution >= 0.6 is 0 Å². The third-order valence-electron chi connectivity index (χ3n) is 3.96. The third-order valence-corrected chi connectivity index (χ3v) is 3.96. The lowest BCUT2D eigenvalue weighted by atomic mass is 9.98. The fourth-order valence-corrected chi connectivity index (χ4v) is 2.79. The van der Waals surface area contributed by atoms with Gasteiger partial charge in [0.2, 0.25) is 5.95 Å². The van der Waals surface area contributed by atoms with Gasteiger partial charge in [0.25, 0.3) is 5.91 Å². The van der Waals surface area contributed by atoms with Gasteiger partial charge in [-0.25, -0.2) is 4.68 Å². The molecule has 2 N–H and O–H groups in total. The zero-order chi connectivity index (χ0) is 15.7. The number of nitrogens with one attached hydrogen (secondary N) is 2. The van der Waals surface area contributed by atoms with Gasteiger partial charge in [-0.15, -0.1) is 0 Å². The molecule has 1 aliphatic heterocycles. The summed E-state index contributed by atoms with van der Waals surface area (Å²) >= 11 is 0. The molecule has 0 saturated carbocycles. The summed E-state index contributed by atoms with van der Waals surface area (Å²) in [4.78, 5) is 16.8. The fourth-order valence-electron chi connectivity index (χ4n) is 2.79. The van der Waals surface area contributed by atoms with Crippen molar-refractivity contribution in [1.82, 2.24) is 20.1 Å². The van der Waals surface area contributed by atoms with Crippen LogP contribution in [0.4, 0.5) is 5.95 Å². The molecule has 0 bridgehead atoms. The Morgan fingerprint density at radius 1 is 1.41 bits per heavy atom. The number of anilines is 1. The van der Waals surface area contributed by atoms with Crippen LogP contribution in [-0.2, 0) is 7.05 Å². The number of furan rings is 1. The maximum Gasteiger partial charge on any atom is 0.293 e. The van der Waals surface area contributed by atoms with E-state index < -0.39 is 0 Å². The van der Waals surface area contributed by atoms with E-state index in [4.69, 9.17) is 4.42 Å². The monoisotopic (exact) mass is 303 g/mol. The number of rotatable bonds is 3. The molecule has 3 rings (SSSR count). The number of aryl methyl sites for hydroxylation is 3. The zero-order valence-corrected chi connectivity index (χ0v) is 13.1. The second kappa shape index (κ2) is 5.92. The highest BCUT2D eigenvalue weighted by Crippen LogP contribution is 2.23. The average Bonchev–Trinajstić information content (AvgIpc) is 3.03. The molecule has 0 radical (unpaired) electrons. The van der Waals surface area contributed by atoms with Crippen molar-refractivity contribution in [2.24, 2.45) is 7.05 Å². The second-order valence-corrected chi connectivity index (χ2v) is 5.76. The van der Waals surface area contributed by atoms with E-state index in [2.05, 4.69) is 20.7 Å². The normalized spacial score (nSPS) is 16.0. The van der Waals surface area contributed by atoms with Crippen LogP contribution < -0.4 is 10.6 Å². The molecule has 2 aromatic heterocycles. The predicted molar refractivity (Wildman–Crippen MR) is 82.0 cm³/mol. The van der Waals surface area contributed by atoms with Gasteiger partial charge in [-0.05, 0) is 45.8 Å². The van der Waals surface area contributed by atoms with Crippen LogP contribution in [0.3, 0.4) is 0 Å². The van der Waals surface area contributed by atoms with Gasteiger partial charge in [0, 0.05) is 18.5 Å². The molecule has 1 aliphatic rings. The van der Waals surface area contributed by atoms with Crippen LogP contribution in [0, 0.1) is 13.8 Å². The Balaban J connectivity index is 1.76. The maximum atomic E-state index is 12.3. The molecule has 0 unspecified atom stereocenters. The number of hydrogen-bond acceptors (Lipinski definition) is 5. The van der Waals surface area contributed by atoms with Crippen molar-refractivity contribution in [3.8, 4) is 0 Å². The molecule has 3 heterocycles. The summed E-state index contributed by atoms with van der Waals surface area (Å²) in [6, 6.07) is 1.84. The number of piperidine rings is 1. The second-order valence-electron chi connectivity index (χ2n) is 5.76. The molecule has 0 aromatic carbocycles. The number of hydrogen-bond donors (Lipinski definition) is 2. The lowest BCUT2D eigenvalue weighted by Crippen LogP contribution is -2.27. The average molecular weight is 303 g/mol. The van der Waals surface area contributed by atoms with Crippen LogP contribution in [-0.4, -0.2) is 33.8 Å². The van der Waals surface area contributed by atoms with Crippen molar-refractivity contribution in [3.63, 3.8) is 0 Å². The van der Waals surface area contributed by atoms with Gasteiger partial charge >= 0.3 is 0 Å². The van der Waals surface area contributed by atoms with E-state index in [1.54, 1.807) is 11.7 Å². The summed E-state index contributed by atoms with van der Waals surface area (Å²) in [5.41, 5.74) is 0.816. The molecular weight excluding hydrogens is 282 g/mol. The Bertz CT molecular complexity index is 682. The standard InChI is InChI=1S/C15H21N5O2/c1-9-8-10(2)22-12(9)14(21)18-15-17-13(19-20(15)3)11-4-6-16-7-5-11/h8,11,16H,4-7H2,1-3H3,(H,17,18,19,21). The SMILES string of the molecule is Cc1cc(C)c(C(=O)Nc2nc(C3CCNCC3)nn2C)o1. The number of nitrogens with zero attached hydrogens (tertiary/aromatic N) is 3. The van der Waals surface area contributed by atoms with Crippen molar-refractivity contribution in [1.29, 1.82) is 0 Å². The molecule has 1 saturated heterocycles. The topological polar surface area (TPSA) is 85.0 Å². The van der Waals surface area contributed by atoms with Gasteiger partial charge in [-0.1, -0.05) is 0 Å². The van der Waals surface area contributed by atoms with E-state index >= 15 is 0 Å². The van der Waals surface area contributed by atoms with Crippen molar-refractivity contribution >= 4 is 11.9 Å². The van der Waals surface area contributed by atoms with Gasteiger partial charge in [0.1, 0.15) is 5.76 Å². The Kier molecular flexibility index (Phi) is 3.98. The third kappa shape index (κ3) is 2.89. The summed E-state index contributed by atoms with van der Waals surface area (Å²) < 4.78 is 7.05. The van der Waals surface area contributed by atoms with Gasteiger partial charge in [0.05, 0.1) is 0 Å². The van der Waals surface area contributed by atoms with E-state index in [0.29, 0.717) is 17.6 Å². The van der Waals surface area contributed by atoms with Gasteiger partial charge < -0.3 is 9.73 Å². The van der Waals surface area contributed by atoms with Crippen molar-refractivity contribution in [2.75, 3.05) is 18.4 Å². The number of carbonyl (C=O) groups excluding carboxylic acids is 1. The minimum absolute atomic E-state index is 0.294. The largest absolute Gasteiger partial charge is 0.456 e. The van der Waals surface area contributed by atoms with Gasteiger partial charge in [-0.3, -0.25) is 10.1 Å². The Morgan fingerprint density at radius 2 is 2.14 bits per heavy atom. The molecule has 7 nitrogen and oxygen atoms in total. The molecule has 0 aliphatic carbocycles. The van der Waals surface area contributed by atoms with E-state index in [-0.39, 0.29) is 5.91 Å². The summed E-state index contributed by atoms with van der Waals surface area (Å²) in [7, 11) is 1.79. The molecule has 2 aromatic rings. The number of aromatic nitrogens is 3. The summed E-state index contributed by atoms with van der Waals surface area (Å²) in [5, 5.41) is 10.5. The molecule has 0 atom stereocenters. The van der Waals surface area contributed by atoms with Gasteiger partial charge in [-0.2, -0.15) is 10.1 Å². The molecule has 1 fully saturated rings. The predicted octanol–water partition coefficient (Wildman–Crippen LogP) is 1.74. The Hall–Kier alpha value is -2.15. The highest BCUT2D eigenvalue weighted by Gasteiger charge is 2.22. The Labute approximate surface area is 129 Å². The lowest BCUT2D eigenvalue weighted by molar-refractivity contribution is 0.0993. The first kappa shape index (κ1) is 14.8. The summed E-state index contributed by atoms with van der Waals surface area (Å²) in [6.45, 7) is 5.63. The van der Waals surface area contributed by atoms with Crippen molar-refractivity contribution in [3.05, 3.63) is 29.0 Å².